The van der Waals surface area contributed by atoms with Crippen LogP contribution in [-0.2, 0) is 6.18 Å². The normalized spacial score (nSPS) is 18.0. The fourth-order valence-corrected chi connectivity index (χ4v) is 3.74. The Kier molecular flexibility index (Phi) is 4.61. The summed E-state index contributed by atoms with van der Waals surface area (Å²) in [7, 11) is 0. The van der Waals surface area contributed by atoms with Gasteiger partial charge in [0.1, 0.15) is 0 Å². The van der Waals surface area contributed by atoms with Gasteiger partial charge < -0.3 is 9.80 Å². The fraction of sp³-hybridized carbons (Fsp3) is 0.333. The molecule has 2 aromatic carbocycles. The van der Waals surface area contributed by atoms with Crippen molar-refractivity contribution >= 4 is 22.5 Å². The third kappa shape index (κ3) is 3.48. The molecule has 0 saturated carbocycles. The minimum Gasteiger partial charge on any atom is -0.365 e. The summed E-state index contributed by atoms with van der Waals surface area (Å²) in [6, 6.07) is 14.9. The first-order chi connectivity index (χ1) is 13.3. The fourth-order valence-electron chi connectivity index (χ4n) is 3.74. The van der Waals surface area contributed by atoms with Crippen LogP contribution in [0, 0.1) is 6.92 Å². The van der Waals surface area contributed by atoms with E-state index >= 15 is 0 Å². The molecule has 1 aliphatic rings. The van der Waals surface area contributed by atoms with Crippen LogP contribution < -0.4 is 9.80 Å². The molecule has 146 valence electrons. The maximum absolute atomic E-state index is 13.7. The molecule has 3 aromatic rings. The van der Waals surface area contributed by atoms with E-state index in [1.165, 1.54) is 0 Å². The first-order valence-corrected chi connectivity index (χ1v) is 9.25. The molecule has 28 heavy (non-hydrogen) atoms. The number of rotatable bonds is 2. The highest BCUT2D eigenvalue weighted by molar-refractivity contribution is 5.76. The van der Waals surface area contributed by atoms with Crippen LogP contribution in [0.25, 0.3) is 11.0 Å². The summed E-state index contributed by atoms with van der Waals surface area (Å²) in [5.74, 6) is -0.0815. The number of piperazine rings is 1. The third-order valence-electron chi connectivity index (χ3n) is 5.08. The molecular weight excluding hydrogens is 365 g/mol. The quantitative estimate of drug-likeness (QED) is 0.641. The number of alkyl halides is 3. The number of aromatic nitrogens is 2. The van der Waals surface area contributed by atoms with Crippen molar-refractivity contribution in [1.29, 1.82) is 0 Å². The van der Waals surface area contributed by atoms with Gasteiger partial charge in [0.05, 0.1) is 11.0 Å². The number of nitrogens with zero attached hydrogens (tertiary/aromatic N) is 4. The van der Waals surface area contributed by atoms with Crippen LogP contribution in [0.1, 0.15) is 18.2 Å². The summed E-state index contributed by atoms with van der Waals surface area (Å²) in [6.45, 7) is 5.58. The lowest BCUT2D eigenvalue weighted by molar-refractivity contribution is -0.140. The third-order valence-corrected chi connectivity index (χ3v) is 5.08. The number of anilines is 2. The zero-order chi connectivity index (χ0) is 19.9. The van der Waals surface area contributed by atoms with Gasteiger partial charge in [0.25, 0.3) is 0 Å². The van der Waals surface area contributed by atoms with Crippen LogP contribution in [0.4, 0.5) is 24.7 Å². The van der Waals surface area contributed by atoms with E-state index in [9.17, 15) is 13.2 Å². The van der Waals surface area contributed by atoms with Crippen LogP contribution in [0.15, 0.2) is 48.5 Å². The first kappa shape index (κ1) is 18.5. The van der Waals surface area contributed by atoms with Crippen LogP contribution >= 0.6 is 0 Å². The Labute approximate surface area is 161 Å². The molecule has 1 aliphatic heterocycles. The second-order valence-electron chi connectivity index (χ2n) is 7.21. The van der Waals surface area contributed by atoms with Gasteiger partial charge in [-0.15, -0.1) is 0 Å². The second-order valence-corrected chi connectivity index (χ2v) is 7.21. The molecular formula is C21H21F3N4. The van der Waals surface area contributed by atoms with E-state index in [0.29, 0.717) is 25.2 Å². The van der Waals surface area contributed by atoms with Gasteiger partial charge in [0.2, 0.25) is 0 Å². The van der Waals surface area contributed by atoms with Crippen molar-refractivity contribution in [2.45, 2.75) is 26.1 Å². The molecule has 0 spiro atoms. The Balaban J connectivity index is 1.67. The van der Waals surface area contributed by atoms with Crippen molar-refractivity contribution in [3.05, 3.63) is 59.8 Å². The number of fused-ring (bicyclic) bond motifs is 1. The van der Waals surface area contributed by atoms with E-state index < -0.39 is 11.9 Å². The molecule has 0 amide bonds. The monoisotopic (exact) mass is 386 g/mol. The number of benzene rings is 2. The highest BCUT2D eigenvalue weighted by Gasteiger charge is 2.39. The Bertz CT molecular complexity index is 1000. The lowest BCUT2D eigenvalue weighted by atomic mass is 10.1. The average molecular weight is 386 g/mol. The average Bonchev–Trinajstić information content (AvgIpc) is 2.66. The van der Waals surface area contributed by atoms with Crippen LogP contribution in [0.3, 0.4) is 0 Å². The van der Waals surface area contributed by atoms with Crippen molar-refractivity contribution in [3.8, 4) is 0 Å². The Morgan fingerprint density at radius 2 is 1.68 bits per heavy atom. The standard InChI is InChI=1S/C21H21F3N4/c1-14-6-5-7-16(12-14)28-11-10-27(13-15(28)2)20-19(21(22,23)24)25-17-8-3-4-9-18(17)26-20/h3-9,12,15H,10-11,13H2,1-2H3. The molecule has 2 heterocycles. The zero-order valence-electron chi connectivity index (χ0n) is 15.7. The molecule has 1 atom stereocenters. The zero-order valence-corrected chi connectivity index (χ0v) is 15.7. The summed E-state index contributed by atoms with van der Waals surface area (Å²) < 4.78 is 41.0. The smallest absolute Gasteiger partial charge is 0.365 e. The van der Waals surface area contributed by atoms with Gasteiger partial charge in [-0.2, -0.15) is 13.2 Å². The highest BCUT2D eigenvalue weighted by Crippen LogP contribution is 2.36. The number of para-hydroxylation sites is 2. The minimum absolute atomic E-state index is 0.0462. The molecule has 4 rings (SSSR count). The molecule has 0 bridgehead atoms. The maximum Gasteiger partial charge on any atom is 0.437 e. The molecule has 0 N–H and O–H groups in total. The van der Waals surface area contributed by atoms with Gasteiger partial charge in [-0.3, -0.25) is 0 Å². The van der Waals surface area contributed by atoms with Crippen molar-refractivity contribution in [2.75, 3.05) is 29.4 Å². The van der Waals surface area contributed by atoms with E-state index in [1.54, 1.807) is 29.2 Å². The summed E-state index contributed by atoms with van der Waals surface area (Å²) >= 11 is 0. The lowest BCUT2D eigenvalue weighted by Gasteiger charge is -2.42. The van der Waals surface area contributed by atoms with E-state index in [1.807, 2.05) is 32.0 Å². The predicted molar refractivity (Wildman–Crippen MR) is 105 cm³/mol. The first-order valence-electron chi connectivity index (χ1n) is 9.25. The molecule has 1 unspecified atom stereocenters. The topological polar surface area (TPSA) is 32.3 Å². The van der Waals surface area contributed by atoms with Crippen LogP contribution in [0.5, 0.6) is 0 Å². The van der Waals surface area contributed by atoms with E-state index in [-0.39, 0.29) is 17.4 Å². The lowest BCUT2D eigenvalue weighted by Crippen LogP contribution is -2.52. The molecule has 4 nitrogen and oxygen atoms in total. The summed E-state index contributed by atoms with van der Waals surface area (Å²) in [5, 5.41) is 0. The number of halogens is 3. The number of hydrogen-bond acceptors (Lipinski definition) is 4. The predicted octanol–water partition coefficient (Wildman–Crippen LogP) is 4.67. The minimum atomic E-state index is -4.55. The largest absolute Gasteiger partial charge is 0.437 e. The van der Waals surface area contributed by atoms with E-state index in [0.717, 1.165) is 11.3 Å². The molecule has 1 saturated heterocycles. The van der Waals surface area contributed by atoms with Gasteiger partial charge >= 0.3 is 6.18 Å². The molecule has 1 aromatic heterocycles. The molecule has 0 radical (unpaired) electrons. The van der Waals surface area contributed by atoms with Gasteiger partial charge in [0, 0.05) is 31.4 Å². The maximum atomic E-state index is 13.7. The van der Waals surface area contributed by atoms with Crippen molar-refractivity contribution in [2.24, 2.45) is 0 Å². The Morgan fingerprint density at radius 1 is 0.964 bits per heavy atom. The van der Waals surface area contributed by atoms with Gasteiger partial charge in [-0.05, 0) is 43.7 Å². The van der Waals surface area contributed by atoms with Gasteiger partial charge in [-0.25, -0.2) is 9.97 Å². The SMILES string of the molecule is Cc1cccc(N2CCN(c3nc4ccccc4nc3C(F)(F)F)CC2C)c1. The Morgan fingerprint density at radius 3 is 2.32 bits per heavy atom. The van der Waals surface area contributed by atoms with E-state index in [4.69, 9.17) is 0 Å². The highest BCUT2D eigenvalue weighted by atomic mass is 19.4. The second kappa shape index (κ2) is 6.96. The molecule has 7 heteroatoms. The van der Waals surface area contributed by atoms with Crippen molar-refractivity contribution < 1.29 is 13.2 Å². The molecule has 0 aliphatic carbocycles. The van der Waals surface area contributed by atoms with Gasteiger partial charge in [0.15, 0.2) is 11.5 Å². The summed E-state index contributed by atoms with van der Waals surface area (Å²) in [5.41, 5.74) is 2.06. The van der Waals surface area contributed by atoms with Gasteiger partial charge in [-0.1, -0.05) is 24.3 Å². The van der Waals surface area contributed by atoms with Crippen molar-refractivity contribution in [1.82, 2.24) is 9.97 Å². The number of aryl methyl sites for hydroxylation is 1. The number of hydrogen-bond donors (Lipinski definition) is 0. The van der Waals surface area contributed by atoms with Crippen LogP contribution in [-0.4, -0.2) is 35.6 Å². The van der Waals surface area contributed by atoms with E-state index in [2.05, 4.69) is 20.9 Å². The Hall–Kier alpha value is -2.83. The van der Waals surface area contributed by atoms with Crippen molar-refractivity contribution in [3.63, 3.8) is 0 Å². The summed E-state index contributed by atoms with van der Waals surface area (Å²) in [6.07, 6.45) is -4.55. The summed E-state index contributed by atoms with van der Waals surface area (Å²) in [4.78, 5) is 12.2. The van der Waals surface area contributed by atoms with Crippen LogP contribution in [0.2, 0.25) is 0 Å². The molecule has 1 fully saturated rings.